The molecular weight excluding hydrogens is 342 g/mol. The van der Waals surface area contributed by atoms with Crippen molar-refractivity contribution in [2.75, 3.05) is 18.0 Å². The molecular formula is C20H25N5O2. The Morgan fingerprint density at radius 2 is 1.96 bits per heavy atom. The lowest BCUT2D eigenvalue weighted by Crippen LogP contribution is -2.37. The summed E-state index contributed by atoms with van der Waals surface area (Å²) in [6.07, 6.45) is 5.35. The zero-order valence-corrected chi connectivity index (χ0v) is 16.1. The van der Waals surface area contributed by atoms with Gasteiger partial charge in [0.25, 0.3) is 5.56 Å². The van der Waals surface area contributed by atoms with Gasteiger partial charge in [-0.05, 0) is 30.9 Å². The van der Waals surface area contributed by atoms with Crippen LogP contribution in [0.4, 0.5) is 5.82 Å². The van der Waals surface area contributed by atoms with Crippen LogP contribution in [0.1, 0.15) is 39.3 Å². The molecule has 3 aromatic heterocycles. The largest absolute Gasteiger partial charge is 0.460 e. The van der Waals surface area contributed by atoms with Gasteiger partial charge in [-0.25, -0.2) is 4.68 Å². The standard InChI is InChI=1S/C20H25N5O2/c1-20(2,3)16-4-5-17(26)25(23-16)13-14-6-9-24(10-7-14)19-18-15(8-11-27-18)12-21-22-19/h4-5,8,11-12,14H,6-7,9-10,13H2,1-3H3. The highest BCUT2D eigenvalue weighted by atomic mass is 16.3. The van der Waals surface area contributed by atoms with E-state index in [1.54, 1.807) is 23.2 Å². The van der Waals surface area contributed by atoms with Crippen LogP contribution in [0.3, 0.4) is 0 Å². The van der Waals surface area contributed by atoms with Crippen molar-refractivity contribution in [3.63, 3.8) is 0 Å². The summed E-state index contributed by atoms with van der Waals surface area (Å²) < 4.78 is 7.22. The highest BCUT2D eigenvalue weighted by molar-refractivity contribution is 5.86. The van der Waals surface area contributed by atoms with E-state index >= 15 is 0 Å². The summed E-state index contributed by atoms with van der Waals surface area (Å²) in [5, 5.41) is 13.9. The fourth-order valence-corrected chi connectivity index (χ4v) is 3.55. The average Bonchev–Trinajstić information content (AvgIpc) is 3.12. The van der Waals surface area contributed by atoms with Crippen LogP contribution in [-0.4, -0.2) is 33.1 Å². The first-order valence-electron chi connectivity index (χ1n) is 9.44. The van der Waals surface area contributed by atoms with Crippen molar-refractivity contribution >= 4 is 16.8 Å². The van der Waals surface area contributed by atoms with Crippen LogP contribution in [0.5, 0.6) is 0 Å². The van der Waals surface area contributed by atoms with E-state index in [1.165, 1.54) is 0 Å². The molecule has 1 saturated heterocycles. The number of hydrogen-bond donors (Lipinski definition) is 0. The summed E-state index contributed by atoms with van der Waals surface area (Å²) in [6.45, 7) is 8.73. The van der Waals surface area contributed by atoms with Crippen molar-refractivity contribution < 1.29 is 4.42 Å². The predicted molar refractivity (Wildman–Crippen MR) is 104 cm³/mol. The SMILES string of the molecule is CC(C)(C)c1ccc(=O)n(CC2CCN(c3nncc4ccoc34)CC2)n1. The number of piperidine rings is 1. The van der Waals surface area contributed by atoms with Crippen LogP contribution >= 0.6 is 0 Å². The molecule has 0 bridgehead atoms. The molecule has 4 rings (SSSR count). The Labute approximate surface area is 158 Å². The molecule has 0 saturated carbocycles. The van der Waals surface area contributed by atoms with E-state index in [2.05, 4.69) is 41.0 Å². The summed E-state index contributed by atoms with van der Waals surface area (Å²) in [4.78, 5) is 14.5. The third-order valence-corrected chi connectivity index (χ3v) is 5.23. The highest BCUT2D eigenvalue weighted by Crippen LogP contribution is 2.28. The summed E-state index contributed by atoms with van der Waals surface area (Å²) in [7, 11) is 0. The van der Waals surface area contributed by atoms with E-state index < -0.39 is 0 Å². The third-order valence-electron chi connectivity index (χ3n) is 5.23. The number of anilines is 1. The summed E-state index contributed by atoms with van der Waals surface area (Å²) in [5.41, 5.74) is 1.63. The van der Waals surface area contributed by atoms with Crippen molar-refractivity contribution in [2.45, 2.75) is 45.6 Å². The molecule has 0 aliphatic carbocycles. The van der Waals surface area contributed by atoms with Gasteiger partial charge in [0.1, 0.15) is 0 Å². The maximum atomic E-state index is 12.2. The number of fused-ring (bicyclic) bond motifs is 1. The number of nitrogens with zero attached hydrogens (tertiary/aromatic N) is 5. The molecule has 0 unspecified atom stereocenters. The molecule has 1 aliphatic heterocycles. The molecule has 142 valence electrons. The van der Waals surface area contributed by atoms with Crippen LogP contribution in [0, 0.1) is 5.92 Å². The van der Waals surface area contributed by atoms with Crippen LogP contribution in [0.2, 0.25) is 0 Å². The Hall–Kier alpha value is -2.70. The molecule has 0 atom stereocenters. The Morgan fingerprint density at radius 3 is 2.70 bits per heavy atom. The maximum absolute atomic E-state index is 12.2. The van der Waals surface area contributed by atoms with Crippen molar-refractivity contribution in [3.05, 3.63) is 46.7 Å². The van der Waals surface area contributed by atoms with Gasteiger partial charge in [-0.15, -0.1) is 5.10 Å². The van der Waals surface area contributed by atoms with Crippen LogP contribution in [0.15, 0.2) is 39.9 Å². The first-order valence-corrected chi connectivity index (χ1v) is 9.44. The Bertz CT molecular complexity index is 993. The molecule has 1 aliphatic rings. The first kappa shape index (κ1) is 17.7. The topological polar surface area (TPSA) is 77.0 Å². The molecule has 0 amide bonds. The van der Waals surface area contributed by atoms with E-state index in [-0.39, 0.29) is 11.0 Å². The van der Waals surface area contributed by atoms with E-state index in [0.29, 0.717) is 12.5 Å². The van der Waals surface area contributed by atoms with Gasteiger partial charge < -0.3 is 9.32 Å². The van der Waals surface area contributed by atoms with Gasteiger partial charge in [-0.1, -0.05) is 20.8 Å². The zero-order valence-electron chi connectivity index (χ0n) is 16.1. The number of furan rings is 1. The third kappa shape index (κ3) is 3.59. The molecule has 0 spiro atoms. The maximum Gasteiger partial charge on any atom is 0.266 e. The normalized spacial score (nSPS) is 16.2. The van der Waals surface area contributed by atoms with Gasteiger partial charge in [0.2, 0.25) is 0 Å². The minimum atomic E-state index is -0.0702. The molecule has 7 heteroatoms. The lowest BCUT2D eigenvalue weighted by molar-refractivity contribution is 0.329. The van der Waals surface area contributed by atoms with Gasteiger partial charge >= 0.3 is 0 Å². The second kappa shape index (κ2) is 6.79. The summed E-state index contributed by atoms with van der Waals surface area (Å²) >= 11 is 0. The first-order chi connectivity index (χ1) is 12.9. The smallest absolute Gasteiger partial charge is 0.266 e. The van der Waals surface area contributed by atoms with E-state index in [9.17, 15) is 4.79 Å². The van der Waals surface area contributed by atoms with Crippen LogP contribution < -0.4 is 10.5 Å². The number of aromatic nitrogens is 4. The van der Waals surface area contributed by atoms with Crippen molar-refractivity contribution in [1.29, 1.82) is 0 Å². The Balaban J connectivity index is 1.46. The van der Waals surface area contributed by atoms with Gasteiger partial charge in [0.05, 0.1) is 18.2 Å². The zero-order chi connectivity index (χ0) is 19.0. The van der Waals surface area contributed by atoms with Crippen LogP contribution in [0.25, 0.3) is 11.0 Å². The summed E-state index contributed by atoms with van der Waals surface area (Å²) in [6, 6.07) is 5.38. The van der Waals surface area contributed by atoms with E-state index in [4.69, 9.17) is 4.42 Å². The molecule has 27 heavy (non-hydrogen) atoms. The lowest BCUT2D eigenvalue weighted by atomic mass is 9.92. The fourth-order valence-electron chi connectivity index (χ4n) is 3.55. The number of hydrogen-bond acceptors (Lipinski definition) is 6. The Morgan fingerprint density at radius 1 is 1.19 bits per heavy atom. The van der Waals surface area contributed by atoms with Crippen molar-refractivity contribution in [1.82, 2.24) is 20.0 Å². The summed E-state index contributed by atoms with van der Waals surface area (Å²) in [5.74, 6) is 1.23. The quantitative estimate of drug-likeness (QED) is 0.708. The minimum absolute atomic E-state index is 0.0309. The molecule has 0 N–H and O–H groups in total. The molecule has 1 fully saturated rings. The molecule has 7 nitrogen and oxygen atoms in total. The lowest BCUT2D eigenvalue weighted by Gasteiger charge is -2.32. The second-order valence-corrected chi connectivity index (χ2v) is 8.29. The van der Waals surface area contributed by atoms with Crippen LogP contribution in [-0.2, 0) is 12.0 Å². The van der Waals surface area contributed by atoms with E-state index in [0.717, 1.165) is 48.4 Å². The number of rotatable bonds is 3. The average molecular weight is 367 g/mol. The highest BCUT2D eigenvalue weighted by Gasteiger charge is 2.24. The minimum Gasteiger partial charge on any atom is -0.460 e. The van der Waals surface area contributed by atoms with Gasteiger partial charge in [-0.3, -0.25) is 4.79 Å². The van der Waals surface area contributed by atoms with Crippen molar-refractivity contribution in [3.8, 4) is 0 Å². The predicted octanol–water partition coefficient (Wildman–Crippen LogP) is 2.99. The molecule has 4 heterocycles. The molecule has 3 aromatic rings. The molecule has 0 radical (unpaired) electrons. The fraction of sp³-hybridized carbons (Fsp3) is 0.500. The second-order valence-electron chi connectivity index (χ2n) is 8.29. The Kier molecular flexibility index (Phi) is 4.45. The monoisotopic (exact) mass is 367 g/mol. The van der Waals surface area contributed by atoms with E-state index in [1.807, 2.05) is 12.1 Å². The van der Waals surface area contributed by atoms with Gasteiger partial charge in [-0.2, -0.15) is 10.2 Å². The van der Waals surface area contributed by atoms with Gasteiger partial charge in [0, 0.05) is 36.5 Å². The van der Waals surface area contributed by atoms with Crippen molar-refractivity contribution in [2.24, 2.45) is 5.92 Å². The molecule has 0 aromatic carbocycles. The van der Waals surface area contributed by atoms with Gasteiger partial charge in [0.15, 0.2) is 11.4 Å².